The fourth-order valence-electron chi connectivity index (χ4n) is 4.22. The number of para-hydroxylation sites is 1. The summed E-state index contributed by atoms with van der Waals surface area (Å²) >= 11 is 0. The first-order valence-electron chi connectivity index (χ1n) is 10.6. The second kappa shape index (κ2) is 8.96. The monoisotopic (exact) mass is 372 g/mol. The summed E-state index contributed by atoms with van der Waals surface area (Å²) < 4.78 is 6.16. The molecule has 0 bridgehead atoms. The van der Waals surface area contributed by atoms with Gasteiger partial charge in [0.05, 0.1) is 6.04 Å². The first-order valence-corrected chi connectivity index (χ1v) is 10.6. The minimum absolute atomic E-state index is 0.185. The van der Waals surface area contributed by atoms with E-state index in [2.05, 4.69) is 61.4 Å². The Labute approximate surface area is 164 Å². The van der Waals surface area contributed by atoms with Gasteiger partial charge in [-0.1, -0.05) is 25.1 Å². The Morgan fingerprint density at radius 3 is 2.89 bits per heavy atom. The number of likely N-dealkylation sites (tertiary alicyclic amines) is 1. The number of hydrogen-bond donors (Lipinski definition) is 2. The molecule has 1 aromatic carbocycles. The summed E-state index contributed by atoms with van der Waals surface area (Å²) in [6.45, 7) is 14.1. The number of ether oxygens (including phenoxy) is 1. The van der Waals surface area contributed by atoms with Crippen molar-refractivity contribution in [3.63, 3.8) is 0 Å². The Hall–Kier alpha value is -1.75. The first kappa shape index (κ1) is 20.0. The summed E-state index contributed by atoms with van der Waals surface area (Å²) in [5.41, 5.74) is 1.03. The molecule has 0 amide bonds. The van der Waals surface area contributed by atoms with Gasteiger partial charge in [0.2, 0.25) is 0 Å². The summed E-state index contributed by atoms with van der Waals surface area (Å²) in [6, 6.07) is 8.56. The van der Waals surface area contributed by atoms with Crippen LogP contribution in [-0.2, 0) is 0 Å². The molecule has 5 nitrogen and oxygen atoms in total. The van der Waals surface area contributed by atoms with Crippen LogP contribution in [0.4, 0.5) is 0 Å². The van der Waals surface area contributed by atoms with Crippen molar-refractivity contribution < 1.29 is 4.74 Å². The molecule has 0 saturated carbocycles. The summed E-state index contributed by atoms with van der Waals surface area (Å²) in [7, 11) is 0. The second-order valence-corrected chi connectivity index (χ2v) is 8.48. The van der Waals surface area contributed by atoms with Crippen molar-refractivity contribution in [2.45, 2.75) is 58.6 Å². The predicted octanol–water partition coefficient (Wildman–Crippen LogP) is 3.58. The van der Waals surface area contributed by atoms with Crippen LogP contribution < -0.4 is 15.4 Å². The average molecular weight is 373 g/mol. The van der Waals surface area contributed by atoms with E-state index in [0.29, 0.717) is 5.92 Å². The molecule has 3 rings (SSSR count). The highest BCUT2D eigenvalue weighted by Crippen LogP contribution is 2.39. The highest BCUT2D eigenvalue weighted by atomic mass is 16.5. The van der Waals surface area contributed by atoms with E-state index in [0.717, 1.165) is 31.2 Å². The number of aliphatic imine (C=N–C) groups is 1. The van der Waals surface area contributed by atoms with E-state index in [1.54, 1.807) is 0 Å². The number of nitrogens with one attached hydrogen (secondary N) is 2. The van der Waals surface area contributed by atoms with Gasteiger partial charge in [0.1, 0.15) is 11.4 Å². The van der Waals surface area contributed by atoms with Crippen LogP contribution in [0, 0.1) is 5.92 Å². The first-order chi connectivity index (χ1) is 13.0. The third-order valence-electron chi connectivity index (χ3n) is 5.45. The van der Waals surface area contributed by atoms with E-state index < -0.39 is 0 Å². The van der Waals surface area contributed by atoms with Gasteiger partial charge < -0.3 is 20.3 Å². The summed E-state index contributed by atoms with van der Waals surface area (Å²) in [6.07, 6.45) is 3.41. The van der Waals surface area contributed by atoms with Crippen LogP contribution in [0.2, 0.25) is 0 Å². The molecule has 0 radical (unpaired) electrons. The summed E-state index contributed by atoms with van der Waals surface area (Å²) in [5, 5.41) is 7.11. The van der Waals surface area contributed by atoms with Gasteiger partial charge in [-0.15, -0.1) is 0 Å². The van der Waals surface area contributed by atoms with Crippen LogP contribution in [0.15, 0.2) is 29.3 Å². The Kier molecular flexibility index (Phi) is 6.64. The zero-order chi connectivity index (χ0) is 19.3. The number of fused-ring (bicyclic) bond motifs is 1. The zero-order valence-electron chi connectivity index (χ0n) is 17.4. The molecule has 2 atom stereocenters. The SMILES string of the molecule is CCCN1CCC(CN=C(NCC)NC2CC(C)(C)Oc3ccccc32)C1. The molecule has 2 N–H and O–H groups in total. The van der Waals surface area contributed by atoms with Crippen molar-refractivity contribution >= 4 is 5.96 Å². The summed E-state index contributed by atoms with van der Waals surface area (Å²) in [5.74, 6) is 2.57. The van der Waals surface area contributed by atoms with Crippen LogP contribution in [0.25, 0.3) is 0 Å². The topological polar surface area (TPSA) is 48.9 Å². The maximum absolute atomic E-state index is 6.16. The predicted molar refractivity (Wildman–Crippen MR) is 112 cm³/mol. The van der Waals surface area contributed by atoms with E-state index >= 15 is 0 Å². The molecule has 0 aliphatic carbocycles. The molecular weight excluding hydrogens is 336 g/mol. The van der Waals surface area contributed by atoms with Crippen molar-refractivity contribution in [3.8, 4) is 5.75 Å². The molecule has 150 valence electrons. The molecule has 2 aliphatic rings. The van der Waals surface area contributed by atoms with Gasteiger partial charge in [0.25, 0.3) is 0 Å². The van der Waals surface area contributed by atoms with Crippen LogP contribution in [0.5, 0.6) is 5.75 Å². The molecule has 1 saturated heterocycles. The maximum atomic E-state index is 6.16. The molecule has 27 heavy (non-hydrogen) atoms. The van der Waals surface area contributed by atoms with Crippen molar-refractivity contribution in [1.29, 1.82) is 0 Å². The molecular formula is C22H36N4O. The van der Waals surface area contributed by atoms with E-state index in [1.165, 1.54) is 38.0 Å². The standard InChI is InChI=1S/C22H36N4O/c1-5-12-26-13-11-17(16-26)15-24-21(23-6-2)25-19-14-22(3,4)27-20-10-8-7-9-18(19)20/h7-10,17,19H,5-6,11-16H2,1-4H3,(H2,23,24,25). The molecule has 1 fully saturated rings. The van der Waals surface area contributed by atoms with Gasteiger partial charge in [-0.3, -0.25) is 4.99 Å². The number of nitrogens with zero attached hydrogens (tertiary/aromatic N) is 2. The second-order valence-electron chi connectivity index (χ2n) is 8.48. The van der Waals surface area contributed by atoms with Crippen molar-refractivity contribution in [1.82, 2.24) is 15.5 Å². The largest absolute Gasteiger partial charge is 0.487 e. The van der Waals surface area contributed by atoms with Gasteiger partial charge in [0.15, 0.2) is 5.96 Å². The molecule has 0 aromatic heterocycles. The van der Waals surface area contributed by atoms with Gasteiger partial charge in [-0.25, -0.2) is 0 Å². The third-order valence-corrected chi connectivity index (χ3v) is 5.45. The van der Waals surface area contributed by atoms with E-state index in [-0.39, 0.29) is 11.6 Å². The average Bonchev–Trinajstić information content (AvgIpc) is 3.07. The minimum atomic E-state index is -0.185. The molecule has 2 heterocycles. The fourth-order valence-corrected chi connectivity index (χ4v) is 4.22. The lowest BCUT2D eigenvalue weighted by Gasteiger charge is -2.38. The van der Waals surface area contributed by atoms with Crippen LogP contribution in [0.1, 0.15) is 58.6 Å². The molecule has 5 heteroatoms. The zero-order valence-corrected chi connectivity index (χ0v) is 17.4. The van der Waals surface area contributed by atoms with Crippen LogP contribution >= 0.6 is 0 Å². The van der Waals surface area contributed by atoms with Gasteiger partial charge in [-0.05, 0) is 58.7 Å². The van der Waals surface area contributed by atoms with E-state index in [9.17, 15) is 0 Å². The lowest BCUT2D eigenvalue weighted by Crippen LogP contribution is -2.45. The van der Waals surface area contributed by atoms with Gasteiger partial charge in [0, 0.05) is 31.6 Å². The van der Waals surface area contributed by atoms with Crippen molar-refractivity contribution in [3.05, 3.63) is 29.8 Å². The lowest BCUT2D eigenvalue weighted by atomic mass is 9.90. The van der Waals surface area contributed by atoms with E-state index in [1.807, 2.05) is 6.07 Å². The molecule has 0 spiro atoms. The number of guanidine groups is 1. The quantitative estimate of drug-likeness (QED) is 0.592. The lowest BCUT2D eigenvalue weighted by molar-refractivity contribution is 0.0694. The number of rotatable bonds is 6. The van der Waals surface area contributed by atoms with Gasteiger partial charge >= 0.3 is 0 Å². The van der Waals surface area contributed by atoms with Gasteiger partial charge in [-0.2, -0.15) is 0 Å². The Balaban J connectivity index is 1.67. The normalized spacial score (nSPS) is 25.0. The highest BCUT2D eigenvalue weighted by molar-refractivity contribution is 5.80. The number of hydrogen-bond acceptors (Lipinski definition) is 3. The van der Waals surface area contributed by atoms with Crippen LogP contribution in [0.3, 0.4) is 0 Å². The Morgan fingerprint density at radius 1 is 1.30 bits per heavy atom. The Morgan fingerprint density at radius 2 is 2.11 bits per heavy atom. The molecule has 2 aliphatic heterocycles. The smallest absolute Gasteiger partial charge is 0.191 e. The molecule has 1 aromatic rings. The maximum Gasteiger partial charge on any atom is 0.191 e. The Bertz CT molecular complexity index is 643. The minimum Gasteiger partial charge on any atom is -0.487 e. The number of benzene rings is 1. The molecule has 2 unspecified atom stereocenters. The van der Waals surface area contributed by atoms with Crippen LogP contribution in [-0.4, -0.2) is 49.2 Å². The summed E-state index contributed by atoms with van der Waals surface area (Å²) in [4.78, 5) is 7.50. The van der Waals surface area contributed by atoms with E-state index in [4.69, 9.17) is 9.73 Å². The van der Waals surface area contributed by atoms with Crippen molar-refractivity contribution in [2.75, 3.05) is 32.7 Å². The van der Waals surface area contributed by atoms with Crippen molar-refractivity contribution in [2.24, 2.45) is 10.9 Å². The highest BCUT2D eigenvalue weighted by Gasteiger charge is 2.34. The third kappa shape index (κ3) is 5.38. The fraction of sp³-hybridized carbons (Fsp3) is 0.682.